The second kappa shape index (κ2) is 8.25. The Balaban J connectivity index is 0. The number of rotatable bonds is 7. The molecule has 0 fully saturated rings. The zero-order valence-electron chi connectivity index (χ0n) is 13.0. The first kappa shape index (κ1) is 21.2. The molecular weight excluding hydrogens is 259 g/mol. The zero-order valence-corrected chi connectivity index (χ0v) is 15.8. The fraction of sp³-hybridized carbons (Fsp3) is 1.00. The minimum absolute atomic E-state index is 0. The fourth-order valence-electron chi connectivity index (χ4n) is 3.42. The van der Waals surface area contributed by atoms with E-state index in [0.717, 1.165) is 6.42 Å². The van der Waals surface area contributed by atoms with Gasteiger partial charge in [-0.1, -0.05) is 41.5 Å². The Bertz CT molecular complexity index is 299. The topological polar surface area (TPSA) is 57.2 Å². The van der Waals surface area contributed by atoms with Gasteiger partial charge in [0, 0.05) is 5.75 Å². The molecule has 0 atom stereocenters. The molecule has 0 aromatic rings. The maximum atomic E-state index is 10.7. The van der Waals surface area contributed by atoms with Gasteiger partial charge in [0.25, 0.3) is 0 Å². The molecule has 104 valence electrons. The molecule has 0 N–H and O–H groups in total. The van der Waals surface area contributed by atoms with Gasteiger partial charge >= 0.3 is 29.6 Å². The second-order valence-electron chi connectivity index (χ2n) is 5.94. The van der Waals surface area contributed by atoms with Gasteiger partial charge in [-0.05, 0) is 36.0 Å². The van der Waals surface area contributed by atoms with Gasteiger partial charge in [-0.2, -0.15) is 0 Å². The van der Waals surface area contributed by atoms with Crippen molar-refractivity contribution in [2.24, 2.45) is 23.2 Å². The Kier molecular flexibility index (Phi) is 9.73. The van der Waals surface area contributed by atoms with Crippen LogP contribution >= 0.6 is 0 Å². The normalized spacial score (nSPS) is 13.2. The Morgan fingerprint density at radius 1 is 0.944 bits per heavy atom. The molecule has 0 aliphatic rings. The van der Waals surface area contributed by atoms with E-state index in [2.05, 4.69) is 41.5 Å². The van der Waals surface area contributed by atoms with Gasteiger partial charge < -0.3 is 4.55 Å². The van der Waals surface area contributed by atoms with Gasteiger partial charge in [0.2, 0.25) is 0 Å². The molecule has 0 radical (unpaired) electrons. The van der Waals surface area contributed by atoms with Crippen molar-refractivity contribution >= 4 is 10.1 Å². The van der Waals surface area contributed by atoms with Crippen molar-refractivity contribution in [1.29, 1.82) is 0 Å². The standard InChI is InChI=1S/C13H28O3S.Na/c1-10(2)13(11(3)4,12(5)6)8-7-9-17(14,15)16;/h10-12H,7-9H2,1-6H3,(H,14,15,16);/q;+1/p-1. The van der Waals surface area contributed by atoms with E-state index >= 15 is 0 Å². The van der Waals surface area contributed by atoms with Crippen molar-refractivity contribution in [3.05, 3.63) is 0 Å². The summed E-state index contributed by atoms with van der Waals surface area (Å²) in [6.45, 7) is 13.1. The minimum Gasteiger partial charge on any atom is -0.748 e. The van der Waals surface area contributed by atoms with Crippen molar-refractivity contribution in [2.45, 2.75) is 54.4 Å². The molecule has 0 aliphatic carbocycles. The maximum Gasteiger partial charge on any atom is 1.00 e. The van der Waals surface area contributed by atoms with Crippen LogP contribution in [0, 0.1) is 23.2 Å². The first-order valence-corrected chi connectivity index (χ1v) is 8.05. The summed E-state index contributed by atoms with van der Waals surface area (Å²) in [5.74, 6) is 1.21. The summed E-state index contributed by atoms with van der Waals surface area (Å²) in [7, 11) is -4.07. The summed E-state index contributed by atoms with van der Waals surface area (Å²) >= 11 is 0. The summed E-state index contributed by atoms with van der Waals surface area (Å²) in [5, 5.41) is 0. The summed E-state index contributed by atoms with van der Waals surface area (Å²) in [6, 6.07) is 0. The summed E-state index contributed by atoms with van der Waals surface area (Å²) in [4.78, 5) is 0. The minimum atomic E-state index is -4.07. The molecule has 0 aromatic carbocycles. The van der Waals surface area contributed by atoms with E-state index in [1.165, 1.54) is 0 Å². The fourth-order valence-corrected chi connectivity index (χ4v) is 3.92. The second-order valence-corrected chi connectivity index (χ2v) is 7.47. The molecule has 18 heavy (non-hydrogen) atoms. The molecule has 0 bridgehead atoms. The molecule has 3 nitrogen and oxygen atoms in total. The molecule has 0 unspecified atom stereocenters. The third-order valence-electron chi connectivity index (χ3n) is 4.23. The molecule has 0 saturated carbocycles. The molecule has 0 heterocycles. The zero-order chi connectivity index (χ0) is 13.9. The maximum absolute atomic E-state index is 10.7. The largest absolute Gasteiger partial charge is 1.00 e. The Hall–Kier alpha value is 0.910. The summed E-state index contributed by atoms with van der Waals surface area (Å²) in [5.41, 5.74) is 0.116. The van der Waals surface area contributed by atoms with Crippen molar-refractivity contribution in [1.82, 2.24) is 0 Å². The summed E-state index contributed by atoms with van der Waals surface area (Å²) < 4.78 is 32.0. The molecule has 0 rings (SSSR count). The average molecular weight is 286 g/mol. The third-order valence-corrected chi connectivity index (χ3v) is 5.02. The van der Waals surface area contributed by atoms with Crippen molar-refractivity contribution in [3.8, 4) is 0 Å². The van der Waals surface area contributed by atoms with Gasteiger partial charge in [-0.25, -0.2) is 8.42 Å². The van der Waals surface area contributed by atoms with Crippen molar-refractivity contribution in [3.63, 3.8) is 0 Å². The first-order valence-electron chi connectivity index (χ1n) is 6.47. The van der Waals surface area contributed by atoms with Crippen LogP contribution in [0.4, 0.5) is 0 Å². The molecule has 0 spiro atoms. The quantitative estimate of drug-likeness (QED) is 0.499. The monoisotopic (exact) mass is 286 g/mol. The first-order chi connectivity index (χ1) is 7.54. The molecular formula is C13H27NaO3S. The number of hydrogen-bond acceptors (Lipinski definition) is 3. The van der Waals surface area contributed by atoms with Gasteiger partial charge in [-0.15, -0.1) is 0 Å². The van der Waals surface area contributed by atoms with E-state index in [9.17, 15) is 13.0 Å². The van der Waals surface area contributed by atoms with E-state index in [-0.39, 0.29) is 40.7 Å². The van der Waals surface area contributed by atoms with Gasteiger partial charge in [0.15, 0.2) is 0 Å². The van der Waals surface area contributed by atoms with Crippen LogP contribution in [-0.2, 0) is 10.1 Å². The molecule has 5 heteroatoms. The van der Waals surface area contributed by atoms with Gasteiger partial charge in [0.1, 0.15) is 0 Å². The van der Waals surface area contributed by atoms with E-state index in [1.807, 2.05) is 0 Å². The molecule has 0 aliphatic heterocycles. The van der Waals surface area contributed by atoms with Crippen LogP contribution in [0.3, 0.4) is 0 Å². The van der Waals surface area contributed by atoms with Crippen molar-refractivity contribution in [2.75, 3.05) is 5.75 Å². The van der Waals surface area contributed by atoms with Crippen LogP contribution < -0.4 is 29.6 Å². The third kappa shape index (κ3) is 5.91. The number of hydrogen-bond donors (Lipinski definition) is 0. The Morgan fingerprint density at radius 2 is 1.28 bits per heavy atom. The van der Waals surface area contributed by atoms with Crippen LogP contribution in [0.1, 0.15) is 54.4 Å². The predicted octanol–water partition coefficient (Wildman–Crippen LogP) is 0.270. The Morgan fingerprint density at radius 3 is 1.50 bits per heavy atom. The predicted molar refractivity (Wildman–Crippen MR) is 70.7 cm³/mol. The van der Waals surface area contributed by atoms with E-state index in [1.54, 1.807) is 0 Å². The van der Waals surface area contributed by atoms with Gasteiger partial charge in [0.05, 0.1) is 10.1 Å². The molecule has 0 amide bonds. The summed E-state index contributed by atoms with van der Waals surface area (Å²) in [6.07, 6.45) is 1.28. The smallest absolute Gasteiger partial charge is 0.748 e. The van der Waals surface area contributed by atoms with E-state index in [0.29, 0.717) is 24.2 Å². The van der Waals surface area contributed by atoms with Crippen LogP contribution in [0.15, 0.2) is 0 Å². The van der Waals surface area contributed by atoms with Crippen molar-refractivity contribution < 1.29 is 42.5 Å². The van der Waals surface area contributed by atoms with E-state index in [4.69, 9.17) is 0 Å². The Labute approximate surface area is 135 Å². The van der Waals surface area contributed by atoms with E-state index < -0.39 is 10.1 Å². The van der Waals surface area contributed by atoms with Crippen LogP contribution in [0.2, 0.25) is 0 Å². The van der Waals surface area contributed by atoms with Crippen LogP contribution in [0.5, 0.6) is 0 Å². The molecule has 0 saturated heterocycles. The van der Waals surface area contributed by atoms with Crippen LogP contribution in [-0.4, -0.2) is 18.7 Å². The van der Waals surface area contributed by atoms with Gasteiger partial charge in [-0.3, -0.25) is 0 Å². The average Bonchev–Trinajstić information content (AvgIpc) is 2.08. The molecule has 0 aromatic heterocycles. The SMILES string of the molecule is CC(C)C(CCCS(=O)(=O)[O-])(C(C)C)C(C)C.[Na+]. The van der Waals surface area contributed by atoms with Crippen LogP contribution in [0.25, 0.3) is 0 Å².